The van der Waals surface area contributed by atoms with Gasteiger partial charge in [0.25, 0.3) is 5.91 Å². The molecule has 2 nitrogen and oxygen atoms in total. The molecule has 4 aromatic rings. The van der Waals surface area contributed by atoms with Crippen LogP contribution in [-0.2, 0) is 0 Å². The topological polar surface area (TPSA) is 20.3 Å². The molecule has 1 amide bonds. The summed E-state index contributed by atoms with van der Waals surface area (Å²) in [5, 5.41) is 7.11. The van der Waals surface area contributed by atoms with Crippen molar-refractivity contribution in [1.82, 2.24) is 4.90 Å². The van der Waals surface area contributed by atoms with Gasteiger partial charge in [-0.1, -0.05) is 48.5 Å². The summed E-state index contributed by atoms with van der Waals surface area (Å²) in [7, 11) is 3.58. The molecule has 2 heteroatoms. The minimum Gasteiger partial charge on any atom is -0.345 e. The first-order valence-electron chi connectivity index (χ1n) is 7.05. The average molecular weight is 273 g/mol. The van der Waals surface area contributed by atoms with Gasteiger partial charge in [0.1, 0.15) is 0 Å². The molecule has 0 aliphatic rings. The zero-order valence-electron chi connectivity index (χ0n) is 12.1. The summed E-state index contributed by atoms with van der Waals surface area (Å²) in [5.41, 5.74) is 0.769. The lowest BCUT2D eigenvalue weighted by Crippen LogP contribution is -2.21. The number of nitrogens with zero attached hydrogens (tertiary/aromatic N) is 1. The fourth-order valence-corrected chi connectivity index (χ4v) is 3.16. The third kappa shape index (κ3) is 1.62. The van der Waals surface area contributed by atoms with Crippen LogP contribution in [0.5, 0.6) is 0 Å². The van der Waals surface area contributed by atoms with E-state index in [1.165, 1.54) is 26.9 Å². The normalized spacial score (nSPS) is 11.5. The Morgan fingerprint density at radius 3 is 2.00 bits per heavy atom. The van der Waals surface area contributed by atoms with Crippen LogP contribution in [0.2, 0.25) is 0 Å². The van der Waals surface area contributed by atoms with E-state index < -0.39 is 0 Å². The van der Waals surface area contributed by atoms with Crippen molar-refractivity contribution in [3.05, 3.63) is 60.2 Å². The molecule has 0 atom stereocenters. The number of hydrogen-bond donors (Lipinski definition) is 0. The summed E-state index contributed by atoms with van der Waals surface area (Å²) in [6.45, 7) is 0. The summed E-state index contributed by atoms with van der Waals surface area (Å²) in [5.74, 6) is 0.0490. The minimum absolute atomic E-state index is 0.0490. The van der Waals surface area contributed by atoms with Gasteiger partial charge in [-0.05, 0) is 38.4 Å². The van der Waals surface area contributed by atoms with Gasteiger partial charge < -0.3 is 4.90 Å². The van der Waals surface area contributed by atoms with E-state index in [0.29, 0.717) is 0 Å². The Kier molecular flexibility index (Phi) is 2.43. The van der Waals surface area contributed by atoms with Gasteiger partial charge in [-0.15, -0.1) is 0 Å². The van der Waals surface area contributed by atoms with Gasteiger partial charge in [0.05, 0.1) is 0 Å². The summed E-state index contributed by atoms with van der Waals surface area (Å²) in [6, 6.07) is 18.8. The van der Waals surface area contributed by atoms with Crippen molar-refractivity contribution in [2.24, 2.45) is 0 Å². The van der Waals surface area contributed by atoms with Crippen LogP contribution in [0, 0.1) is 0 Å². The first-order valence-corrected chi connectivity index (χ1v) is 7.05. The van der Waals surface area contributed by atoms with Gasteiger partial charge in [0, 0.05) is 19.7 Å². The quantitative estimate of drug-likeness (QED) is 0.474. The Morgan fingerprint density at radius 2 is 1.33 bits per heavy atom. The predicted molar refractivity (Wildman–Crippen MR) is 88.2 cm³/mol. The van der Waals surface area contributed by atoms with Crippen LogP contribution < -0.4 is 0 Å². The highest BCUT2D eigenvalue weighted by molar-refractivity contribution is 6.26. The minimum atomic E-state index is 0.0490. The number of benzene rings is 4. The lowest BCUT2D eigenvalue weighted by atomic mass is 9.92. The standard InChI is InChI=1S/C19H15NO/c1-20(2)19(21)16-11-9-14-7-6-12-4-3-5-13-8-10-15(16)18(14)17(12)13/h3-11H,1-2H3. The Bertz CT molecular complexity index is 969. The van der Waals surface area contributed by atoms with Gasteiger partial charge in [-0.25, -0.2) is 0 Å². The van der Waals surface area contributed by atoms with Crippen molar-refractivity contribution in [2.45, 2.75) is 0 Å². The molecule has 0 aliphatic heterocycles. The molecule has 0 unspecified atom stereocenters. The van der Waals surface area contributed by atoms with Gasteiger partial charge >= 0.3 is 0 Å². The fraction of sp³-hybridized carbons (Fsp3) is 0.105. The number of carbonyl (C=O) groups is 1. The monoisotopic (exact) mass is 273 g/mol. The highest BCUT2D eigenvalue weighted by Gasteiger charge is 2.15. The van der Waals surface area contributed by atoms with Gasteiger partial charge in [-0.3, -0.25) is 4.79 Å². The van der Waals surface area contributed by atoms with E-state index in [2.05, 4.69) is 42.5 Å². The molecule has 0 saturated heterocycles. The third-order valence-corrected chi connectivity index (χ3v) is 4.17. The van der Waals surface area contributed by atoms with Crippen molar-refractivity contribution in [3.8, 4) is 0 Å². The van der Waals surface area contributed by atoms with Gasteiger partial charge in [0.15, 0.2) is 0 Å². The molecule has 4 aromatic carbocycles. The lowest BCUT2D eigenvalue weighted by molar-refractivity contribution is 0.0829. The maximum Gasteiger partial charge on any atom is 0.253 e. The average Bonchev–Trinajstić information content (AvgIpc) is 2.51. The maximum absolute atomic E-state index is 12.4. The Hall–Kier alpha value is -2.61. The van der Waals surface area contributed by atoms with E-state index in [4.69, 9.17) is 0 Å². The van der Waals surface area contributed by atoms with E-state index in [-0.39, 0.29) is 5.91 Å². The van der Waals surface area contributed by atoms with E-state index in [1.54, 1.807) is 19.0 Å². The SMILES string of the molecule is CN(C)C(=O)c1ccc2ccc3cccc4ccc1c2c34. The highest BCUT2D eigenvalue weighted by Crippen LogP contribution is 2.35. The van der Waals surface area contributed by atoms with E-state index >= 15 is 0 Å². The smallest absolute Gasteiger partial charge is 0.253 e. The zero-order valence-corrected chi connectivity index (χ0v) is 12.1. The van der Waals surface area contributed by atoms with Crippen LogP contribution in [0.4, 0.5) is 0 Å². The number of carbonyl (C=O) groups excluding carboxylic acids is 1. The first kappa shape index (κ1) is 12.2. The van der Waals surface area contributed by atoms with Crippen LogP contribution >= 0.6 is 0 Å². The van der Waals surface area contributed by atoms with Crippen molar-refractivity contribution in [3.63, 3.8) is 0 Å². The number of hydrogen-bond acceptors (Lipinski definition) is 1. The molecule has 0 N–H and O–H groups in total. The first-order chi connectivity index (χ1) is 10.2. The van der Waals surface area contributed by atoms with Crippen LogP contribution in [0.15, 0.2) is 54.6 Å². The second-order valence-electron chi connectivity index (χ2n) is 5.67. The lowest BCUT2D eigenvalue weighted by Gasteiger charge is -2.16. The number of rotatable bonds is 1. The van der Waals surface area contributed by atoms with Crippen molar-refractivity contribution >= 4 is 38.2 Å². The molecule has 0 fully saturated rings. The summed E-state index contributed by atoms with van der Waals surface area (Å²) < 4.78 is 0. The van der Waals surface area contributed by atoms with Crippen LogP contribution in [0.3, 0.4) is 0 Å². The molecular weight excluding hydrogens is 258 g/mol. The molecular formula is C19H15NO. The van der Waals surface area contributed by atoms with Crippen LogP contribution in [0.25, 0.3) is 32.3 Å². The van der Waals surface area contributed by atoms with E-state index in [0.717, 1.165) is 10.9 Å². The molecule has 4 rings (SSSR count). The Morgan fingerprint density at radius 1 is 0.762 bits per heavy atom. The molecule has 0 radical (unpaired) electrons. The second-order valence-corrected chi connectivity index (χ2v) is 5.67. The molecule has 0 spiro atoms. The van der Waals surface area contributed by atoms with Gasteiger partial charge in [-0.2, -0.15) is 0 Å². The summed E-state index contributed by atoms with van der Waals surface area (Å²) >= 11 is 0. The molecule has 21 heavy (non-hydrogen) atoms. The predicted octanol–water partition coefficient (Wildman–Crippen LogP) is 4.29. The highest BCUT2D eigenvalue weighted by atomic mass is 16.2. The molecule has 0 bridgehead atoms. The summed E-state index contributed by atoms with van der Waals surface area (Å²) in [6.07, 6.45) is 0. The Balaban J connectivity index is 2.23. The second kappa shape index (κ2) is 4.19. The maximum atomic E-state index is 12.4. The fourth-order valence-electron chi connectivity index (χ4n) is 3.16. The van der Waals surface area contributed by atoms with Crippen molar-refractivity contribution < 1.29 is 4.79 Å². The van der Waals surface area contributed by atoms with Crippen LogP contribution in [-0.4, -0.2) is 24.9 Å². The molecule has 102 valence electrons. The van der Waals surface area contributed by atoms with Crippen LogP contribution in [0.1, 0.15) is 10.4 Å². The zero-order chi connectivity index (χ0) is 14.6. The molecule has 0 heterocycles. The third-order valence-electron chi connectivity index (χ3n) is 4.17. The van der Waals surface area contributed by atoms with Gasteiger partial charge in [0.2, 0.25) is 0 Å². The summed E-state index contributed by atoms with van der Waals surface area (Å²) in [4.78, 5) is 14.0. The Labute approximate surface area is 122 Å². The van der Waals surface area contributed by atoms with Crippen molar-refractivity contribution in [2.75, 3.05) is 14.1 Å². The molecule has 0 saturated carbocycles. The largest absolute Gasteiger partial charge is 0.345 e. The van der Waals surface area contributed by atoms with E-state index in [9.17, 15) is 4.79 Å². The van der Waals surface area contributed by atoms with E-state index in [1.807, 2.05) is 12.1 Å². The molecule has 0 aliphatic carbocycles. The van der Waals surface area contributed by atoms with Crippen molar-refractivity contribution in [1.29, 1.82) is 0 Å². The molecule has 0 aromatic heterocycles. The number of amides is 1.